The summed E-state index contributed by atoms with van der Waals surface area (Å²) in [6, 6.07) is 11.4. The summed E-state index contributed by atoms with van der Waals surface area (Å²) in [6.07, 6.45) is 0.193. The second-order valence-electron chi connectivity index (χ2n) is 6.62. The van der Waals surface area contributed by atoms with E-state index in [0.717, 1.165) is 21.3 Å². The SMILES string of the molecule is CCOC(=O)Cn1c(=NC(=O)Cc2cccc(C)c2)sc2cc3c(cc21)OCO3. The van der Waals surface area contributed by atoms with Gasteiger partial charge < -0.3 is 18.8 Å². The highest BCUT2D eigenvalue weighted by molar-refractivity contribution is 7.16. The Morgan fingerprint density at radius 2 is 2.00 bits per heavy atom. The Morgan fingerprint density at radius 1 is 1.21 bits per heavy atom. The molecule has 4 rings (SSSR count). The lowest BCUT2D eigenvalue weighted by atomic mass is 10.1. The summed E-state index contributed by atoms with van der Waals surface area (Å²) >= 11 is 1.32. The molecule has 0 fully saturated rings. The second-order valence-corrected chi connectivity index (χ2v) is 7.63. The quantitative estimate of drug-likeness (QED) is 0.602. The molecule has 0 N–H and O–H groups in total. The lowest BCUT2D eigenvalue weighted by molar-refractivity contribution is -0.143. The standard InChI is InChI=1S/C21H20N2O5S/c1-3-26-20(25)11-23-15-9-16-17(28-12-27-16)10-18(15)29-21(23)22-19(24)8-14-6-4-5-13(2)7-14/h4-7,9-10H,3,8,11-12H2,1-2H3. The van der Waals surface area contributed by atoms with Crippen LogP contribution in [-0.2, 0) is 27.3 Å². The zero-order valence-electron chi connectivity index (χ0n) is 16.1. The summed E-state index contributed by atoms with van der Waals surface area (Å²) in [4.78, 5) is 29.5. The first-order valence-electron chi connectivity index (χ1n) is 9.25. The summed E-state index contributed by atoms with van der Waals surface area (Å²) in [6.45, 7) is 4.14. The summed E-state index contributed by atoms with van der Waals surface area (Å²) in [5.41, 5.74) is 2.73. The van der Waals surface area contributed by atoms with Crippen molar-refractivity contribution in [2.75, 3.05) is 13.4 Å². The molecule has 0 radical (unpaired) electrons. The van der Waals surface area contributed by atoms with Crippen molar-refractivity contribution in [2.45, 2.75) is 26.8 Å². The average Bonchev–Trinajstić information content (AvgIpc) is 3.24. The fraction of sp³-hybridized carbons (Fsp3) is 0.286. The van der Waals surface area contributed by atoms with Gasteiger partial charge in [-0.2, -0.15) is 4.99 Å². The highest BCUT2D eigenvalue weighted by Crippen LogP contribution is 2.37. The van der Waals surface area contributed by atoms with Crippen LogP contribution in [0, 0.1) is 6.92 Å². The molecule has 29 heavy (non-hydrogen) atoms. The number of nitrogens with zero attached hydrogens (tertiary/aromatic N) is 2. The first-order valence-corrected chi connectivity index (χ1v) is 10.1. The van der Waals surface area contributed by atoms with Crippen molar-refractivity contribution in [3.63, 3.8) is 0 Å². The molecular weight excluding hydrogens is 392 g/mol. The van der Waals surface area contributed by atoms with Crippen LogP contribution in [0.1, 0.15) is 18.1 Å². The van der Waals surface area contributed by atoms with Crippen LogP contribution in [0.4, 0.5) is 0 Å². The molecule has 2 heterocycles. The number of hydrogen-bond acceptors (Lipinski definition) is 6. The Labute approximate surface area is 171 Å². The maximum Gasteiger partial charge on any atom is 0.326 e. The number of thiazole rings is 1. The van der Waals surface area contributed by atoms with Gasteiger partial charge in [0.25, 0.3) is 5.91 Å². The van der Waals surface area contributed by atoms with Crippen molar-refractivity contribution in [1.29, 1.82) is 0 Å². The van der Waals surface area contributed by atoms with E-state index in [1.807, 2.05) is 37.3 Å². The van der Waals surface area contributed by atoms with Gasteiger partial charge in [-0.1, -0.05) is 41.2 Å². The van der Waals surface area contributed by atoms with E-state index in [1.165, 1.54) is 11.3 Å². The molecule has 0 saturated heterocycles. The number of benzene rings is 2. The van der Waals surface area contributed by atoms with E-state index in [1.54, 1.807) is 17.6 Å². The van der Waals surface area contributed by atoms with Crippen LogP contribution < -0.4 is 14.3 Å². The molecule has 3 aromatic rings. The minimum Gasteiger partial charge on any atom is -0.465 e. The monoisotopic (exact) mass is 412 g/mol. The zero-order chi connectivity index (χ0) is 20.4. The smallest absolute Gasteiger partial charge is 0.326 e. The van der Waals surface area contributed by atoms with Gasteiger partial charge in [0.05, 0.1) is 23.2 Å². The molecule has 0 unspecified atom stereocenters. The first-order chi connectivity index (χ1) is 14.0. The molecule has 1 aliphatic heterocycles. The molecule has 8 heteroatoms. The molecule has 0 bridgehead atoms. The van der Waals surface area contributed by atoms with Gasteiger partial charge >= 0.3 is 5.97 Å². The van der Waals surface area contributed by atoms with Crippen LogP contribution in [0.15, 0.2) is 41.4 Å². The molecule has 0 atom stereocenters. The van der Waals surface area contributed by atoms with Crippen molar-refractivity contribution >= 4 is 33.4 Å². The number of rotatable bonds is 5. The summed E-state index contributed by atoms with van der Waals surface area (Å²) in [5, 5.41) is 0. The van der Waals surface area contributed by atoms with Gasteiger partial charge in [0.1, 0.15) is 6.54 Å². The Kier molecular flexibility index (Phi) is 5.35. The topological polar surface area (TPSA) is 79.1 Å². The van der Waals surface area contributed by atoms with Gasteiger partial charge in [-0.15, -0.1) is 0 Å². The number of fused-ring (bicyclic) bond motifs is 2. The van der Waals surface area contributed by atoms with Gasteiger partial charge in [-0.25, -0.2) is 0 Å². The van der Waals surface area contributed by atoms with Gasteiger partial charge in [0.15, 0.2) is 16.3 Å². The lowest BCUT2D eigenvalue weighted by Crippen LogP contribution is -2.23. The van der Waals surface area contributed by atoms with Crippen molar-refractivity contribution in [2.24, 2.45) is 4.99 Å². The number of carbonyl (C=O) groups is 2. The van der Waals surface area contributed by atoms with Crippen molar-refractivity contribution in [1.82, 2.24) is 4.57 Å². The van der Waals surface area contributed by atoms with Crippen LogP contribution in [0.2, 0.25) is 0 Å². The molecular formula is C21H20N2O5S. The lowest BCUT2D eigenvalue weighted by Gasteiger charge is -2.05. The van der Waals surface area contributed by atoms with E-state index in [4.69, 9.17) is 14.2 Å². The van der Waals surface area contributed by atoms with E-state index in [-0.39, 0.29) is 32.3 Å². The van der Waals surface area contributed by atoms with Crippen molar-refractivity contribution in [3.8, 4) is 11.5 Å². The Bertz CT molecular complexity index is 1160. The summed E-state index contributed by atoms with van der Waals surface area (Å²) in [5.74, 6) is 0.572. The number of ether oxygens (including phenoxy) is 3. The predicted octanol–water partition coefficient (Wildman–Crippen LogP) is 2.97. The van der Waals surface area contributed by atoms with E-state index in [0.29, 0.717) is 16.3 Å². The van der Waals surface area contributed by atoms with Crippen LogP contribution >= 0.6 is 11.3 Å². The first kappa shape index (κ1) is 19.2. The maximum absolute atomic E-state index is 12.6. The normalized spacial score (nSPS) is 13.1. The predicted molar refractivity (Wildman–Crippen MR) is 108 cm³/mol. The Morgan fingerprint density at radius 3 is 2.76 bits per heavy atom. The number of esters is 1. The Hall–Kier alpha value is -3.13. The second kappa shape index (κ2) is 8.08. The van der Waals surface area contributed by atoms with E-state index in [9.17, 15) is 9.59 Å². The molecule has 7 nitrogen and oxygen atoms in total. The molecule has 1 amide bonds. The average molecular weight is 412 g/mol. The van der Waals surface area contributed by atoms with Crippen LogP contribution in [-0.4, -0.2) is 29.8 Å². The van der Waals surface area contributed by atoms with Gasteiger partial charge in [-0.3, -0.25) is 9.59 Å². The molecule has 2 aromatic carbocycles. The third-order valence-electron chi connectivity index (χ3n) is 4.43. The molecule has 0 aliphatic carbocycles. The highest BCUT2D eigenvalue weighted by Gasteiger charge is 2.19. The van der Waals surface area contributed by atoms with Crippen molar-refractivity contribution < 1.29 is 23.8 Å². The van der Waals surface area contributed by atoms with Crippen LogP contribution in [0.3, 0.4) is 0 Å². The minimum atomic E-state index is -0.391. The molecule has 1 aromatic heterocycles. The number of amides is 1. The minimum absolute atomic E-state index is 0.0377. The number of carbonyl (C=O) groups excluding carboxylic acids is 2. The zero-order valence-corrected chi connectivity index (χ0v) is 17.0. The van der Waals surface area contributed by atoms with E-state index < -0.39 is 5.97 Å². The molecule has 0 spiro atoms. The van der Waals surface area contributed by atoms with E-state index in [2.05, 4.69) is 4.99 Å². The molecule has 1 aliphatic rings. The Balaban J connectivity index is 1.74. The third kappa shape index (κ3) is 4.17. The number of aryl methyl sites for hydroxylation is 1. The van der Waals surface area contributed by atoms with Crippen molar-refractivity contribution in [3.05, 3.63) is 52.3 Å². The highest BCUT2D eigenvalue weighted by atomic mass is 32.1. The third-order valence-corrected chi connectivity index (χ3v) is 5.47. The van der Waals surface area contributed by atoms with Gasteiger partial charge in [0, 0.05) is 12.1 Å². The van der Waals surface area contributed by atoms with Gasteiger partial charge in [0.2, 0.25) is 6.79 Å². The largest absolute Gasteiger partial charge is 0.465 e. The molecule has 0 saturated carbocycles. The fourth-order valence-corrected chi connectivity index (χ4v) is 4.23. The number of hydrogen-bond donors (Lipinski definition) is 0. The maximum atomic E-state index is 12.6. The molecule has 150 valence electrons. The van der Waals surface area contributed by atoms with Gasteiger partial charge in [-0.05, 0) is 19.4 Å². The van der Waals surface area contributed by atoms with E-state index >= 15 is 0 Å². The van der Waals surface area contributed by atoms with Crippen LogP contribution in [0.25, 0.3) is 10.2 Å². The van der Waals surface area contributed by atoms with Crippen LogP contribution in [0.5, 0.6) is 11.5 Å². The fourth-order valence-electron chi connectivity index (χ4n) is 3.18. The summed E-state index contributed by atoms with van der Waals surface area (Å²) < 4.78 is 18.5. The summed E-state index contributed by atoms with van der Waals surface area (Å²) in [7, 11) is 0. The number of aromatic nitrogens is 1.